The van der Waals surface area contributed by atoms with E-state index in [0.717, 1.165) is 11.3 Å². The monoisotopic (exact) mass is 352 g/mol. The van der Waals surface area contributed by atoms with Gasteiger partial charge in [0.1, 0.15) is 17.5 Å². The number of aryl methyl sites for hydroxylation is 1. The number of nitrogens with one attached hydrogen (secondary N) is 1. The lowest BCUT2D eigenvalue weighted by Gasteiger charge is -2.32. The van der Waals surface area contributed by atoms with Gasteiger partial charge in [0.25, 0.3) is 5.91 Å². The number of rotatable bonds is 4. The van der Waals surface area contributed by atoms with Gasteiger partial charge >= 0.3 is 0 Å². The molecule has 7 heteroatoms. The molecule has 4 rings (SSSR count). The Morgan fingerprint density at radius 1 is 1.31 bits per heavy atom. The maximum Gasteiger partial charge on any atom is 0.253 e. The summed E-state index contributed by atoms with van der Waals surface area (Å²) in [5.74, 6) is 0.535. The SMILES string of the molecule is Cc1ccc(O[C@@H]2COCC[C@@H]2NC(=O)c2ccc3nccn3c2)cn1. The molecule has 4 heterocycles. The lowest BCUT2D eigenvalue weighted by atomic mass is 10.1. The average Bonchev–Trinajstić information content (AvgIpc) is 3.13. The van der Waals surface area contributed by atoms with Crippen molar-refractivity contribution in [3.63, 3.8) is 0 Å². The second-order valence-electron chi connectivity index (χ2n) is 6.35. The lowest BCUT2D eigenvalue weighted by Crippen LogP contribution is -2.51. The Morgan fingerprint density at radius 2 is 2.23 bits per heavy atom. The van der Waals surface area contributed by atoms with Crippen molar-refractivity contribution in [3.8, 4) is 5.75 Å². The Morgan fingerprint density at radius 3 is 3.08 bits per heavy atom. The standard InChI is InChI=1S/C19H20N4O3/c1-13-2-4-15(10-21-13)26-17-12-25-9-6-16(17)22-19(24)14-3-5-18-20-7-8-23(18)11-14/h2-5,7-8,10-11,16-17H,6,9,12H2,1H3,(H,22,24)/t16-,17+/m0/s1. The molecule has 0 spiro atoms. The Labute approximate surface area is 151 Å². The van der Waals surface area contributed by atoms with Gasteiger partial charge in [-0.15, -0.1) is 0 Å². The topological polar surface area (TPSA) is 77.8 Å². The van der Waals surface area contributed by atoms with Gasteiger partial charge in [0.2, 0.25) is 0 Å². The zero-order valence-electron chi connectivity index (χ0n) is 14.5. The van der Waals surface area contributed by atoms with Crippen molar-refractivity contribution in [2.24, 2.45) is 0 Å². The number of aromatic nitrogens is 3. The number of ether oxygens (including phenoxy) is 2. The summed E-state index contributed by atoms with van der Waals surface area (Å²) < 4.78 is 13.4. The third-order valence-electron chi connectivity index (χ3n) is 4.44. The zero-order valence-corrected chi connectivity index (χ0v) is 14.5. The average molecular weight is 352 g/mol. The molecule has 1 aliphatic rings. The highest BCUT2D eigenvalue weighted by Gasteiger charge is 2.29. The maximum atomic E-state index is 12.7. The maximum absolute atomic E-state index is 12.7. The van der Waals surface area contributed by atoms with Gasteiger partial charge in [-0.05, 0) is 37.6 Å². The van der Waals surface area contributed by atoms with E-state index in [4.69, 9.17) is 9.47 Å². The second-order valence-corrected chi connectivity index (χ2v) is 6.35. The smallest absolute Gasteiger partial charge is 0.253 e. The number of carbonyl (C=O) groups excluding carboxylic acids is 1. The summed E-state index contributed by atoms with van der Waals surface area (Å²) in [6.07, 6.45) is 7.43. The lowest BCUT2D eigenvalue weighted by molar-refractivity contribution is -0.0136. The van der Waals surface area contributed by atoms with E-state index in [2.05, 4.69) is 15.3 Å². The molecule has 0 unspecified atom stereocenters. The second kappa shape index (κ2) is 7.13. The van der Waals surface area contributed by atoms with E-state index in [1.807, 2.05) is 35.7 Å². The summed E-state index contributed by atoms with van der Waals surface area (Å²) in [4.78, 5) is 21.1. The summed E-state index contributed by atoms with van der Waals surface area (Å²) in [5.41, 5.74) is 2.32. The van der Waals surface area contributed by atoms with Crippen LogP contribution in [0.25, 0.3) is 5.65 Å². The van der Waals surface area contributed by atoms with Crippen LogP contribution in [-0.4, -0.2) is 45.6 Å². The Bertz CT molecular complexity index is 907. The highest BCUT2D eigenvalue weighted by atomic mass is 16.5. The molecule has 1 amide bonds. The molecule has 3 aromatic rings. The normalized spacial score (nSPS) is 20.0. The molecule has 0 aromatic carbocycles. The van der Waals surface area contributed by atoms with Crippen molar-refractivity contribution in [2.45, 2.75) is 25.5 Å². The fourth-order valence-electron chi connectivity index (χ4n) is 3.00. The van der Waals surface area contributed by atoms with Crippen LogP contribution in [0.2, 0.25) is 0 Å². The van der Waals surface area contributed by atoms with Gasteiger partial charge in [0.05, 0.1) is 24.4 Å². The molecule has 7 nitrogen and oxygen atoms in total. The molecule has 0 saturated carbocycles. The minimum absolute atomic E-state index is 0.129. The van der Waals surface area contributed by atoms with Gasteiger partial charge in [0.15, 0.2) is 0 Å². The molecular weight excluding hydrogens is 332 g/mol. The van der Waals surface area contributed by atoms with Crippen LogP contribution >= 0.6 is 0 Å². The van der Waals surface area contributed by atoms with Crippen LogP contribution in [0.3, 0.4) is 0 Å². The summed E-state index contributed by atoms with van der Waals surface area (Å²) in [6.45, 7) is 2.95. The van der Waals surface area contributed by atoms with Crippen LogP contribution in [0, 0.1) is 6.92 Å². The summed E-state index contributed by atoms with van der Waals surface area (Å²) in [7, 11) is 0. The molecular formula is C19H20N4O3. The van der Waals surface area contributed by atoms with Gasteiger partial charge in [-0.3, -0.25) is 9.78 Å². The largest absolute Gasteiger partial charge is 0.484 e. The van der Waals surface area contributed by atoms with Crippen molar-refractivity contribution in [2.75, 3.05) is 13.2 Å². The first-order chi connectivity index (χ1) is 12.7. The molecule has 1 saturated heterocycles. The van der Waals surface area contributed by atoms with E-state index in [1.54, 1.807) is 24.7 Å². The van der Waals surface area contributed by atoms with E-state index >= 15 is 0 Å². The first kappa shape index (κ1) is 16.5. The molecule has 1 aliphatic heterocycles. The van der Waals surface area contributed by atoms with Gasteiger partial charge in [-0.1, -0.05) is 0 Å². The van der Waals surface area contributed by atoms with Crippen molar-refractivity contribution in [1.29, 1.82) is 0 Å². The number of hydrogen-bond acceptors (Lipinski definition) is 5. The van der Waals surface area contributed by atoms with E-state index in [-0.39, 0.29) is 18.1 Å². The third kappa shape index (κ3) is 3.52. The molecule has 3 aromatic heterocycles. The Kier molecular flexibility index (Phi) is 4.53. The third-order valence-corrected chi connectivity index (χ3v) is 4.44. The van der Waals surface area contributed by atoms with Crippen LogP contribution in [0.1, 0.15) is 22.5 Å². The first-order valence-electron chi connectivity index (χ1n) is 8.60. The number of carbonyl (C=O) groups is 1. The number of hydrogen-bond donors (Lipinski definition) is 1. The summed E-state index contributed by atoms with van der Waals surface area (Å²) in [5, 5.41) is 3.08. The summed E-state index contributed by atoms with van der Waals surface area (Å²) >= 11 is 0. The molecule has 1 fully saturated rings. The number of pyridine rings is 2. The van der Waals surface area contributed by atoms with E-state index in [9.17, 15) is 4.79 Å². The van der Waals surface area contributed by atoms with E-state index in [0.29, 0.717) is 30.9 Å². The molecule has 134 valence electrons. The predicted octanol–water partition coefficient (Wildman–Crippen LogP) is 2.00. The van der Waals surface area contributed by atoms with Gasteiger partial charge in [0, 0.05) is 30.9 Å². The Hall–Kier alpha value is -2.93. The zero-order chi connectivity index (χ0) is 17.9. The van der Waals surface area contributed by atoms with Crippen molar-refractivity contribution in [3.05, 3.63) is 60.3 Å². The van der Waals surface area contributed by atoms with Gasteiger partial charge < -0.3 is 19.2 Å². The highest BCUT2D eigenvalue weighted by molar-refractivity contribution is 5.94. The van der Waals surface area contributed by atoms with Crippen LogP contribution in [0.5, 0.6) is 5.75 Å². The van der Waals surface area contributed by atoms with Crippen molar-refractivity contribution < 1.29 is 14.3 Å². The fourth-order valence-corrected chi connectivity index (χ4v) is 3.00. The minimum atomic E-state index is -0.255. The molecule has 26 heavy (non-hydrogen) atoms. The number of nitrogens with zero attached hydrogens (tertiary/aromatic N) is 3. The van der Waals surface area contributed by atoms with Gasteiger partial charge in [-0.2, -0.15) is 0 Å². The van der Waals surface area contributed by atoms with Crippen LogP contribution in [0.15, 0.2) is 49.1 Å². The first-order valence-corrected chi connectivity index (χ1v) is 8.60. The number of amides is 1. The highest BCUT2D eigenvalue weighted by Crippen LogP contribution is 2.18. The Balaban J connectivity index is 1.47. The molecule has 0 bridgehead atoms. The summed E-state index contributed by atoms with van der Waals surface area (Å²) in [6, 6.07) is 7.24. The molecule has 2 atom stereocenters. The van der Waals surface area contributed by atoms with Crippen LogP contribution in [-0.2, 0) is 4.74 Å². The van der Waals surface area contributed by atoms with Gasteiger partial charge in [-0.25, -0.2) is 4.98 Å². The quantitative estimate of drug-likeness (QED) is 0.777. The number of fused-ring (bicyclic) bond motifs is 1. The molecule has 1 N–H and O–H groups in total. The predicted molar refractivity (Wildman–Crippen MR) is 95.3 cm³/mol. The number of imidazole rings is 1. The van der Waals surface area contributed by atoms with Crippen LogP contribution < -0.4 is 10.1 Å². The van der Waals surface area contributed by atoms with E-state index in [1.165, 1.54) is 0 Å². The molecule has 0 radical (unpaired) electrons. The fraction of sp³-hybridized carbons (Fsp3) is 0.316. The minimum Gasteiger partial charge on any atom is -0.484 e. The van der Waals surface area contributed by atoms with Crippen molar-refractivity contribution in [1.82, 2.24) is 19.7 Å². The molecule has 0 aliphatic carbocycles. The van der Waals surface area contributed by atoms with E-state index < -0.39 is 0 Å². The van der Waals surface area contributed by atoms with Crippen molar-refractivity contribution >= 4 is 11.6 Å². The van der Waals surface area contributed by atoms with Crippen LogP contribution in [0.4, 0.5) is 0 Å².